The summed E-state index contributed by atoms with van der Waals surface area (Å²) in [6.07, 6.45) is 6.92. The van der Waals surface area contributed by atoms with Gasteiger partial charge < -0.3 is 0 Å². The van der Waals surface area contributed by atoms with Crippen LogP contribution in [0.25, 0.3) is 10.8 Å². The van der Waals surface area contributed by atoms with Crippen LogP contribution in [0.2, 0.25) is 0 Å². The van der Waals surface area contributed by atoms with E-state index in [1.54, 1.807) is 5.56 Å². The molecule has 0 saturated heterocycles. The summed E-state index contributed by atoms with van der Waals surface area (Å²) >= 11 is 0. The van der Waals surface area contributed by atoms with Gasteiger partial charge in [0.15, 0.2) is 0 Å². The lowest BCUT2D eigenvalue weighted by Gasteiger charge is -2.42. The summed E-state index contributed by atoms with van der Waals surface area (Å²) in [7, 11) is 0. The molecule has 0 N–H and O–H groups in total. The smallest absolute Gasteiger partial charge is 0.00179 e. The fraction of sp³-hybridized carbons (Fsp3) is 0.474. The van der Waals surface area contributed by atoms with E-state index in [9.17, 15) is 0 Å². The van der Waals surface area contributed by atoms with Gasteiger partial charge in [0.2, 0.25) is 0 Å². The van der Waals surface area contributed by atoms with Gasteiger partial charge >= 0.3 is 0 Å². The van der Waals surface area contributed by atoms with Crippen molar-refractivity contribution < 1.29 is 0 Å². The molecule has 0 radical (unpaired) electrons. The van der Waals surface area contributed by atoms with Crippen molar-refractivity contribution in [3.8, 4) is 0 Å². The summed E-state index contributed by atoms with van der Waals surface area (Å²) in [5.74, 6) is 0.721. The number of rotatable bonds is 2. The van der Waals surface area contributed by atoms with Crippen LogP contribution in [0.5, 0.6) is 0 Å². The highest BCUT2D eigenvalue weighted by Crippen LogP contribution is 2.47. The molecule has 0 atom stereocenters. The van der Waals surface area contributed by atoms with Crippen LogP contribution in [-0.4, -0.2) is 0 Å². The molecule has 1 fully saturated rings. The van der Waals surface area contributed by atoms with Crippen LogP contribution in [0.3, 0.4) is 0 Å². The van der Waals surface area contributed by atoms with E-state index in [0.717, 1.165) is 5.92 Å². The van der Waals surface area contributed by atoms with Gasteiger partial charge in [-0.2, -0.15) is 0 Å². The largest absolute Gasteiger partial charge is 0.0619 e. The first-order valence-electron chi connectivity index (χ1n) is 7.72. The lowest BCUT2D eigenvalue weighted by atomic mass is 9.62. The van der Waals surface area contributed by atoms with Crippen LogP contribution < -0.4 is 0 Å². The van der Waals surface area contributed by atoms with Crippen molar-refractivity contribution in [2.75, 3.05) is 0 Å². The van der Waals surface area contributed by atoms with E-state index in [4.69, 9.17) is 0 Å². The van der Waals surface area contributed by atoms with Gasteiger partial charge in [0.1, 0.15) is 0 Å². The zero-order valence-corrected chi connectivity index (χ0v) is 12.2. The molecule has 0 aliphatic heterocycles. The summed E-state index contributed by atoms with van der Waals surface area (Å²) in [5.41, 5.74) is 2.00. The Morgan fingerprint density at radius 2 is 1.53 bits per heavy atom. The summed E-state index contributed by atoms with van der Waals surface area (Å²) < 4.78 is 0. The minimum atomic E-state index is 0.402. The van der Waals surface area contributed by atoms with Crippen molar-refractivity contribution in [3.63, 3.8) is 0 Å². The molecule has 2 aromatic carbocycles. The highest BCUT2D eigenvalue weighted by molar-refractivity contribution is 5.86. The van der Waals surface area contributed by atoms with Crippen molar-refractivity contribution in [2.24, 2.45) is 5.92 Å². The number of fused-ring (bicyclic) bond motifs is 1. The third-order valence-corrected chi connectivity index (χ3v) is 5.18. The Morgan fingerprint density at radius 1 is 0.842 bits per heavy atom. The quantitative estimate of drug-likeness (QED) is 0.643. The third kappa shape index (κ3) is 2.08. The fourth-order valence-electron chi connectivity index (χ4n) is 4.00. The van der Waals surface area contributed by atoms with E-state index >= 15 is 0 Å². The Labute approximate surface area is 116 Å². The molecular weight excluding hydrogens is 228 g/mol. The van der Waals surface area contributed by atoms with Crippen LogP contribution >= 0.6 is 0 Å². The van der Waals surface area contributed by atoms with Gasteiger partial charge in [-0.25, -0.2) is 0 Å². The Kier molecular flexibility index (Phi) is 3.35. The maximum absolute atomic E-state index is 2.41. The molecule has 100 valence electrons. The molecule has 0 bridgehead atoms. The monoisotopic (exact) mass is 252 g/mol. The summed E-state index contributed by atoms with van der Waals surface area (Å²) in [6, 6.07) is 15.8. The molecule has 1 aliphatic rings. The Morgan fingerprint density at radius 3 is 2.26 bits per heavy atom. The fourth-order valence-corrected chi connectivity index (χ4v) is 4.00. The number of hydrogen-bond donors (Lipinski definition) is 0. The zero-order chi connectivity index (χ0) is 13.3. The predicted octanol–water partition coefficient (Wildman–Crippen LogP) is 5.70. The maximum atomic E-state index is 2.41. The van der Waals surface area contributed by atoms with Crippen molar-refractivity contribution in [2.45, 2.75) is 51.4 Å². The lowest BCUT2D eigenvalue weighted by molar-refractivity contribution is 0.218. The molecule has 0 spiro atoms. The SMILES string of the molecule is CC(C)C1(c2cccc3ccccc23)CCCCC1. The molecule has 3 rings (SSSR count). The van der Waals surface area contributed by atoms with Crippen molar-refractivity contribution in [1.29, 1.82) is 0 Å². The summed E-state index contributed by atoms with van der Waals surface area (Å²) in [5, 5.41) is 2.87. The predicted molar refractivity (Wildman–Crippen MR) is 83.5 cm³/mol. The second-order valence-corrected chi connectivity index (χ2v) is 6.40. The maximum Gasteiger partial charge on any atom is -0.00179 e. The molecule has 1 aliphatic carbocycles. The van der Waals surface area contributed by atoms with E-state index in [2.05, 4.69) is 56.3 Å². The lowest BCUT2D eigenvalue weighted by Crippen LogP contribution is -2.34. The average molecular weight is 252 g/mol. The summed E-state index contributed by atoms with van der Waals surface area (Å²) in [4.78, 5) is 0. The first-order chi connectivity index (χ1) is 9.24. The van der Waals surface area contributed by atoms with Crippen molar-refractivity contribution in [3.05, 3.63) is 48.0 Å². The van der Waals surface area contributed by atoms with Crippen LogP contribution in [-0.2, 0) is 5.41 Å². The van der Waals surface area contributed by atoms with E-state index in [0.29, 0.717) is 5.41 Å². The molecule has 0 heteroatoms. The second-order valence-electron chi connectivity index (χ2n) is 6.40. The summed E-state index contributed by atoms with van der Waals surface area (Å²) in [6.45, 7) is 4.82. The van der Waals surface area contributed by atoms with Gasteiger partial charge in [-0.15, -0.1) is 0 Å². The second kappa shape index (κ2) is 5.00. The van der Waals surface area contributed by atoms with Crippen LogP contribution in [0.1, 0.15) is 51.5 Å². The molecule has 0 heterocycles. The first-order valence-corrected chi connectivity index (χ1v) is 7.72. The molecule has 19 heavy (non-hydrogen) atoms. The Hall–Kier alpha value is -1.30. The Bertz CT molecular complexity index is 554. The molecule has 0 unspecified atom stereocenters. The van der Waals surface area contributed by atoms with Crippen LogP contribution in [0, 0.1) is 5.92 Å². The van der Waals surface area contributed by atoms with Crippen molar-refractivity contribution in [1.82, 2.24) is 0 Å². The zero-order valence-electron chi connectivity index (χ0n) is 12.2. The standard InChI is InChI=1S/C19H24/c1-15(2)19(13-6-3-7-14-19)18-12-8-10-16-9-4-5-11-17(16)18/h4-5,8-12,15H,3,6-7,13-14H2,1-2H3. The van der Waals surface area contributed by atoms with Crippen molar-refractivity contribution >= 4 is 10.8 Å². The Balaban J connectivity index is 2.20. The molecule has 0 aromatic heterocycles. The van der Waals surface area contributed by atoms with Crippen LogP contribution in [0.4, 0.5) is 0 Å². The van der Waals surface area contributed by atoms with Gasteiger partial charge in [0.05, 0.1) is 0 Å². The highest BCUT2D eigenvalue weighted by atomic mass is 14.4. The van der Waals surface area contributed by atoms with Crippen LogP contribution in [0.15, 0.2) is 42.5 Å². The molecule has 0 nitrogen and oxygen atoms in total. The molecule has 2 aromatic rings. The third-order valence-electron chi connectivity index (χ3n) is 5.18. The average Bonchev–Trinajstić information content (AvgIpc) is 2.47. The van der Waals surface area contributed by atoms with Gasteiger partial charge in [-0.05, 0) is 40.5 Å². The minimum Gasteiger partial charge on any atom is -0.0619 e. The molecule has 1 saturated carbocycles. The normalized spacial score (nSPS) is 18.9. The van der Waals surface area contributed by atoms with Gasteiger partial charge in [-0.3, -0.25) is 0 Å². The van der Waals surface area contributed by atoms with E-state index in [1.807, 2.05) is 0 Å². The topological polar surface area (TPSA) is 0 Å². The first kappa shape index (κ1) is 12.7. The van der Waals surface area contributed by atoms with Gasteiger partial charge in [0, 0.05) is 0 Å². The highest BCUT2D eigenvalue weighted by Gasteiger charge is 2.37. The van der Waals surface area contributed by atoms with E-state index < -0.39 is 0 Å². The minimum absolute atomic E-state index is 0.402. The number of hydrogen-bond acceptors (Lipinski definition) is 0. The van der Waals surface area contributed by atoms with Gasteiger partial charge in [-0.1, -0.05) is 75.6 Å². The molecule has 0 amide bonds. The van der Waals surface area contributed by atoms with E-state index in [-0.39, 0.29) is 0 Å². The number of benzene rings is 2. The van der Waals surface area contributed by atoms with Gasteiger partial charge in [0.25, 0.3) is 0 Å². The van der Waals surface area contributed by atoms with E-state index in [1.165, 1.54) is 42.9 Å². The molecular formula is C19H24.